The molecular formula is C18H16ClNO3. The molecule has 118 valence electrons. The molecule has 4 rings (SSSR count). The molecule has 0 bridgehead atoms. The van der Waals surface area contributed by atoms with Crippen LogP contribution in [0.3, 0.4) is 0 Å². The van der Waals surface area contributed by atoms with E-state index in [-0.39, 0.29) is 6.04 Å². The van der Waals surface area contributed by atoms with Crippen molar-refractivity contribution >= 4 is 23.3 Å². The number of carboxylic acids is 1. The number of nitrogens with zero attached hydrogens (tertiary/aromatic N) is 1. The molecule has 23 heavy (non-hydrogen) atoms. The number of benzene rings is 2. The highest BCUT2D eigenvalue weighted by atomic mass is 35.5. The van der Waals surface area contributed by atoms with Crippen LogP contribution < -0.4 is 9.64 Å². The molecule has 0 radical (unpaired) electrons. The second-order valence-corrected chi connectivity index (χ2v) is 6.41. The Morgan fingerprint density at radius 1 is 1.22 bits per heavy atom. The van der Waals surface area contributed by atoms with Crippen molar-refractivity contribution in [1.29, 1.82) is 0 Å². The van der Waals surface area contributed by atoms with Gasteiger partial charge in [0.05, 0.1) is 17.6 Å². The second-order valence-electron chi connectivity index (χ2n) is 5.98. The Balaban J connectivity index is 1.95. The van der Waals surface area contributed by atoms with Gasteiger partial charge in [-0.05, 0) is 37.1 Å². The van der Waals surface area contributed by atoms with Crippen molar-refractivity contribution in [3.05, 3.63) is 53.1 Å². The summed E-state index contributed by atoms with van der Waals surface area (Å²) < 4.78 is 6.08. The fourth-order valence-corrected chi connectivity index (χ4v) is 3.81. The Morgan fingerprint density at radius 2 is 2.04 bits per heavy atom. The van der Waals surface area contributed by atoms with E-state index in [1.54, 1.807) is 6.07 Å². The van der Waals surface area contributed by atoms with Crippen molar-refractivity contribution < 1.29 is 14.6 Å². The first kappa shape index (κ1) is 14.4. The van der Waals surface area contributed by atoms with E-state index >= 15 is 0 Å². The lowest BCUT2D eigenvalue weighted by molar-refractivity contribution is -0.143. The van der Waals surface area contributed by atoms with E-state index in [0.717, 1.165) is 35.7 Å². The zero-order chi connectivity index (χ0) is 16.0. The Morgan fingerprint density at radius 3 is 2.87 bits per heavy atom. The van der Waals surface area contributed by atoms with E-state index in [2.05, 4.69) is 4.90 Å². The number of anilines is 1. The maximum atomic E-state index is 11.8. The fraction of sp³-hybridized carbons (Fsp3) is 0.278. The van der Waals surface area contributed by atoms with E-state index < -0.39 is 11.9 Å². The van der Waals surface area contributed by atoms with Gasteiger partial charge in [0.1, 0.15) is 5.75 Å². The van der Waals surface area contributed by atoms with Crippen molar-refractivity contribution in [2.75, 3.05) is 11.4 Å². The number of piperidine rings is 1. The smallest absolute Gasteiger partial charge is 0.308 e. The van der Waals surface area contributed by atoms with Crippen LogP contribution in [0.25, 0.3) is 0 Å². The number of fused-ring (bicyclic) bond motifs is 5. The lowest BCUT2D eigenvalue weighted by Gasteiger charge is -2.40. The number of carbonyl (C=O) groups is 1. The third-order valence-electron chi connectivity index (χ3n) is 4.64. The van der Waals surface area contributed by atoms with Crippen molar-refractivity contribution in [1.82, 2.24) is 0 Å². The standard InChI is InChI=1S/C18H16ClNO3/c19-11-7-8-16-14(10-11)20-9-3-5-13(18(21)22)17(20)12-4-1-2-6-15(12)23-16/h1-2,4,6-8,10,13,17H,3,5,9H2,(H,21,22)/t13-,17+/m1/s1. The molecule has 0 amide bonds. The minimum absolute atomic E-state index is 0.239. The molecule has 0 unspecified atom stereocenters. The average molecular weight is 330 g/mol. The number of rotatable bonds is 1. The number of ether oxygens (including phenoxy) is 1. The van der Waals surface area contributed by atoms with Crippen LogP contribution in [0.5, 0.6) is 11.5 Å². The van der Waals surface area contributed by atoms with Gasteiger partial charge in [0.25, 0.3) is 0 Å². The highest BCUT2D eigenvalue weighted by molar-refractivity contribution is 6.31. The monoisotopic (exact) mass is 329 g/mol. The summed E-state index contributed by atoms with van der Waals surface area (Å²) in [6.45, 7) is 0.791. The zero-order valence-electron chi connectivity index (χ0n) is 12.4. The summed E-state index contributed by atoms with van der Waals surface area (Å²) in [4.78, 5) is 14.0. The zero-order valence-corrected chi connectivity index (χ0v) is 13.2. The van der Waals surface area contributed by atoms with Gasteiger partial charge >= 0.3 is 5.97 Å². The number of para-hydroxylation sites is 1. The number of halogens is 1. The van der Waals surface area contributed by atoms with Gasteiger partial charge in [0.15, 0.2) is 5.75 Å². The first-order valence-corrected chi connectivity index (χ1v) is 8.09. The highest BCUT2D eigenvalue weighted by Crippen LogP contribution is 2.49. The van der Waals surface area contributed by atoms with Crippen LogP contribution in [0.4, 0.5) is 5.69 Å². The molecule has 2 aromatic carbocycles. The van der Waals surface area contributed by atoms with Crippen LogP contribution in [0, 0.1) is 5.92 Å². The molecule has 2 heterocycles. The maximum Gasteiger partial charge on any atom is 0.308 e. The quantitative estimate of drug-likeness (QED) is 0.837. The van der Waals surface area contributed by atoms with Crippen LogP contribution in [-0.2, 0) is 4.79 Å². The van der Waals surface area contributed by atoms with Crippen LogP contribution >= 0.6 is 11.6 Å². The average Bonchev–Trinajstić information content (AvgIpc) is 2.69. The molecule has 0 saturated carbocycles. The lowest BCUT2D eigenvalue weighted by Crippen LogP contribution is -2.41. The minimum Gasteiger partial charge on any atom is -0.481 e. The molecule has 2 atom stereocenters. The Bertz CT molecular complexity index is 777. The summed E-state index contributed by atoms with van der Waals surface area (Å²) in [5, 5.41) is 10.3. The van der Waals surface area contributed by atoms with Crippen LogP contribution in [0.1, 0.15) is 24.4 Å². The van der Waals surface area contributed by atoms with Gasteiger partial charge in [-0.3, -0.25) is 4.79 Å². The van der Waals surface area contributed by atoms with E-state index in [0.29, 0.717) is 11.4 Å². The third-order valence-corrected chi connectivity index (χ3v) is 4.87. The van der Waals surface area contributed by atoms with Crippen LogP contribution in [0.15, 0.2) is 42.5 Å². The van der Waals surface area contributed by atoms with Gasteiger partial charge in [-0.15, -0.1) is 0 Å². The first-order valence-electron chi connectivity index (χ1n) is 7.71. The van der Waals surface area contributed by atoms with E-state index in [4.69, 9.17) is 16.3 Å². The molecule has 0 spiro atoms. The summed E-state index contributed by atoms with van der Waals surface area (Å²) in [5.74, 6) is 0.213. The Hall–Kier alpha value is -2.20. The van der Waals surface area contributed by atoms with Crippen LogP contribution in [-0.4, -0.2) is 17.6 Å². The van der Waals surface area contributed by atoms with Gasteiger partial charge in [-0.25, -0.2) is 0 Å². The first-order chi connectivity index (χ1) is 11.1. The summed E-state index contributed by atoms with van der Waals surface area (Å²) >= 11 is 6.17. The van der Waals surface area contributed by atoms with E-state index in [1.165, 1.54) is 0 Å². The molecule has 0 aliphatic carbocycles. The lowest BCUT2D eigenvalue weighted by atomic mass is 9.84. The summed E-state index contributed by atoms with van der Waals surface area (Å²) in [7, 11) is 0. The highest BCUT2D eigenvalue weighted by Gasteiger charge is 2.41. The molecule has 5 heteroatoms. The van der Waals surface area contributed by atoms with Gasteiger partial charge in [-0.2, -0.15) is 0 Å². The Kier molecular flexibility index (Phi) is 3.42. The molecule has 4 nitrogen and oxygen atoms in total. The predicted molar refractivity (Wildman–Crippen MR) is 88.4 cm³/mol. The van der Waals surface area contributed by atoms with Gasteiger partial charge in [0.2, 0.25) is 0 Å². The molecule has 1 saturated heterocycles. The molecule has 0 aromatic heterocycles. The largest absolute Gasteiger partial charge is 0.481 e. The second kappa shape index (κ2) is 5.46. The number of aliphatic carboxylic acids is 1. The van der Waals surface area contributed by atoms with Crippen molar-refractivity contribution in [2.24, 2.45) is 5.92 Å². The minimum atomic E-state index is -0.764. The summed E-state index contributed by atoms with van der Waals surface area (Å²) in [6, 6.07) is 13.0. The number of carboxylic acid groups (broad SMARTS) is 1. The van der Waals surface area contributed by atoms with Gasteiger partial charge in [-0.1, -0.05) is 29.8 Å². The van der Waals surface area contributed by atoms with Gasteiger partial charge in [0, 0.05) is 17.1 Å². The van der Waals surface area contributed by atoms with E-state index in [1.807, 2.05) is 36.4 Å². The molecular weight excluding hydrogens is 314 g/mol. The van der Waals surface area contributed by atoms with Crippen molar-refractivity contribution in [3.8, 4) is 11.5 Å². The fourth-order valence-electron chi connectivity index (χ4n) is 3.65. The van der Waals surface area contributed by atoms with Gasteiger partial charge < -0.3 is 14.7 Å². The maximum absolute atomic E-state index is 11.8. The SMILES string of the molecule is O=C(O)[C@@H]1CCCN2c3cc(Cl)ccc3Oc3ccccc3[C@@H]12. The molecule has 1 fully saturated rings. The van der Waals surface area contributed by atoms with Crippen molar-refractivity contribution in [3.63, 3.8) is 0 Å². The molecule has 2 aliphatic heterocycles. The summed E-state index contributed by atoms with van der Waals surface area (Å²) in [6.07, 6.45) is 1.50. The Labute approximate surface area is 139 Å². The van der Waals surface area contributed by atoms with Crippen molar-refractivity contribution in [2.45, 2.75) is 18.9 Å². The molecule has 2 aliphatic rings. The number of hydrogen-bond acceptors (Lipinski definition) is 3. The third kappa shape index (κ3) is 2.34. The predicted octanol–water partition coefficient (Wildman–Crippen LogP) is 4.49. The number of hydrogen-bond donors (Lipinski definition) is 1. The molecule has 1 N–H and O–H groups in total. The normalized spacial score (nSPS) is 22.2. The molecule has 2 aromatic rings. The summed E-state index contributed by atoms with van der Waals surface area (Å²) in [5.41, 5.74) is 1.79. The van der Waals surface area contributed by atoms with Crippen LogP contribution in [0.2, 0.25) is 5.02 Å². The van der Waals surface area contributed by atoms with E-state index in [9.17, 15) is 9.90 Å². The topological polar surface area (TPSA) is 49.8 Å².